The van der Waals surface area contributed by atoms with E-state index in [-0.39, 0.29) is 36.5 Å². The van der Waals surface area contributed by atoms with Gasteiger partial charge < -0.3 is 25.4 Å². The number of aromatic amines is 1. The van der Waals surface area contributed by atoms with Crippen LogP contribution in [0.15, 0.2) is 41.2 Å². The van der Waals surface area contributed by atoms with Crippen molar-refractivity contribution in [3.63, 3.8) is 0 Å². The smallest absolute Gasteiger partial charge is 1.00 e. The van der Waals surface area contributed by atoms with Crippen molar-refractivity contribution in [2.45, 2.75) is 6.42 Å². The van der Waals surface area contributed by atoms with E-state index in [9.17, 15) is 4.79 Å². The second kappa shape index (κ2) is 9.17. The summed E-state index contributed by atoms with van der Waals surface area (Å²) in [5.41, 5.74) is 1.61. The van der Waals surface area contributed by atoms with Crippen LogP contribution in [0.5, 0.6) is 23.0 Å². The van der Waals surface area contributed by atoms with Crippen molar-refractivity contribution in [1.82, 2.24) is 4.98 Å². The fourth-order valence-electron chi connectivity index (χ4n) is 3.00. The summed E-state index contributed by atoms with van der Waals surface area (Å²) in [6, 6.07) is 10.9. The Labute approximate surface area is 181 Å². The third-order valence-corrected chi connectivity index (χ3v) is 4.27. The number of pyridine rings is 1. The first-order chi connectivity index (χ1) is 12.6. The molecule has 27 heavy (non-hydrogen) atoms. The summed E-state index contributed by atoms with van der Waals surface area (Å²) in [7, 11) is 6.35. The maximum absolute atomic E-state index is 12.1. The number of methoxy groups -OCH3 is 4. The van der Waals surface area contributed by atoms with Gasteiger partial charge in [0.1, 0.15) is 0 Å². The van der Waals surface area contributed by atoms with Crippen molar-refractivity contribution in [3.8, 4) is 23.0 Å². The molecule has 138 valence electrons. The van der Waals surface area contributed by atoms with E-state index in [1.54, 1.807) is 34.5 Å². The van der Waals surface area contributed by atoms with E-state index in [2.05, 4.69) is 4.98 Å². The number of hydrogen-bond donors (Lipinski definition) is 1. The fraction of sp³-hybridized carbons (Fsp3) is 0.250. The molecule has 0 bridgehead atoms. The van der Waals surface area contributed by atoms with Crippen LogP contribution in [0.25, 0.3) is 10.8 Å². The molecule has 7 heteroatoms. The van der Waals surface area contributed by atoms with Crippen LogP contribution in [0.3, 0.4) is 0 Å². The number of rotatable bonds is 6. The van der Waals surface area contributed by atoms with E-state index in [1.165, 1.54) is 0 Å². The molecule has 0 atom stereocenters. The summed E-state index contributed by atoms with van der Waals surface area (Å²) in [4.78, 5) is 15.0. The Hall–Kier alpha value is -2.15. The van der Waals surface area contributed by atoms with Gasteiger partial charge in [0.25, 0.3) is 0 Å². The molecular weight excluding hydrogens is 357 g/mol. The molecule has 0 amide bonds. The Morgan fingerprint density at radius 1 is 0.815 bits per heavy atom. The first-order valence-electron chi connectivity index (χ1n) is 8.08. The minimum absolute atomic E-state index is 0. The Morgan fingerprint density at radius 2 is 1.41 bits per heavy atom. The molecule has 0 aliphatic rings. The largest absolute Gasteiger partial charge is 1.00 e. The van der Waals surface area contributed by atoms with Gasteiger partial charge in [0.15, 0.2) is 23.0 Å². The van der Waals surface area contributed by atoms with Crippen LogP contribution in [0.4, 0.5) is 0 Å². The van der Waals surface area contributed by atoms with E-state index in [0.29, 0.717) is 29.4 Å². The van der Waals surface area contributed by atoms with E-state index in [4.69, 9.17) is 18.9 Å². The zero-order valence-electron chi connectivity index (χ0n) is 17.2. The number of benzene rings is 2. The SMILES string of the molecule is COc1ccc(Cc2[nH]c(=O)cc3cc(OC)c(OC)cc23)cc1OC.[H-].[Na+]. The number of nitrogens with one attached hydrogen (secondary N) is 1. The number of hydrogen-bond acceptors (Lipinski definition) is 5. The van der Waals surface area contributed by atoms with Gasteiger partial charge in [-0.1, -0.05) is 6.07 Å². The van der Waals surface area contributed by atoms with Crippen LogP contribution in [-0.4, -0.2) is 33.4 Å². The third kappa shape index (κ3) is 4.40. The molecule has 0 unspecified atom stereocenters. The molecule has 6 nitrogen and oxygen atoms in total. The van der Waals surface area contributed by atoms with Gasteiger partial charge in [-0.15, -0.1) is 0 Å². The van der Waals surface area contributed by atoms with Crippen LogP contribution in [0.2, 0.25) is 0 Å². The molecule has 0 fully saturated rings. The van der Waals surface area contributed by atoms with Gasteiger partial charge in [-0.2, -0.15) is 0 Å². The zero-order chi connectivity index (χ0) is 18.7. The molecule has 0 saturated carbocycles. The molecule has 3 rings (SSSR count). The van der Waals surface area contributed by atoms with Gasteiger partial charge in [0, 0.05) is 23.6 Å². The minimum atomic E-state index is -0.166. The maximum atomic E-state index is 12.1. The van der Waals surface area contributed by atoms with Crippen molar-refractivity contribution in [1.29, 1.82) is 0 Å². The molecule has 1 N–H and O–H groups in total. The topological polar surface area (TPSA) is 69.8 Å². The van der Waals surface area contributed by atoms with Crippen LogP contribution < -0.4 is 54.1 Å². The zero-order valence-corrected chi connectivity index (χ0v) is 18.2. The van der Waals surface area contributed by atoms with Gasteiger partial charge in [0.05, 0.1) is 28.4 Å². The summed E-state index contributed by atoms with van der Waals surface area (Å²) in [6.07, 6.45) is 0.530. The number of H-pyrrole nitrogens is 1. The van der Waals surface area contributed by atoms with E-state index < -0.39 is 0 Å². The number of aromatic nitrogens is 1. The van der Waals surface area contributed by atoms with Gasteiger partial charge in [-0.25, -0.2) is 0 Å². The Bertz CT molecular complexity index is 1010. The van der Waals surface area contributed by atoms with Crippen LogP contribution in [-0.2, 0) is 6.42 Å². The molecule has 2 aromatic carbocycles. The predicted molar refractivity (Wildman–Crippen MR) is 101 cm³/mol. The molecular formula is C20H22NNaO5. The van der Waals surface area contributed by atoms with Crippen molar-refractivity contribution >= 4 is 10.8 Å². The first-order valence-corrected chi connectivity index (χ1v) is 8.08. The second-order valence-corrected chi connectivity index (χ2v) is 5.77. The van der Waals surface area contributed by atoms with Gasteiger partial charge in [-0.05, 0) is 35.2 Å². The van der Waals surface area contributed by atoms with Gasteiger partial charge in [-0.3, -0.25) is 4.79 Å². The molecule has 0 saturated heterocycles. The average Bonchev–Trinajstić information content (AvgIpc) is 2.66. The molecule has 1 aromatic heterocycles. The van der Waals surface area contributed by atoms with Gasteiger partial charge >= 0.3 is 29.6 Å². The van der Waals surface area contributed by atoms with E-state index in [1.807, 2.05) is 30.3 Å². The Balaban J connectivity index is 0.00000196. The Kier molecular flexibility index (Phi) is 7.18. The Morgan fingerprint density at radius 3 is 2.04 bits per heavy atom. The van der Waals surface area contributed by atoms with Crippen molar-refractivity contribution in [3.05, 3.63) is 58.0 Å². The monoisotopic (exact) mass is 379 g/mol. The van der Waals surface area contributed by atoms with Crippen molar-refractivity contribution < 1.29 is 49.9 Å². The van der Waals surface area contributed by atoms with Crippen LogP contribution in [0, 0.1) is 0 Å². The van der Waals surface area contributed by atoms with E-state index >= 15 is 0 Å². The summed E-state index contributed by atoms with van der Waals surface area (Å²) in [6.45, 7) is 0. The summed E-state index contributed by atoms with van der Waals surface area (Å²) in [5.74, 6) is 2.50. The normalized spacial score (nSPS) is 10.2. The molecule has 0 radical (unpaired) electrons. The first kappa shape index (κ1) is 21.2. The molecule has 0 spiro atoms. The van der Waals surface area contributed by atoms with Crippen molar-refractivity contribution in [2.75, 3.05) is 28.4 Å². The number of fused-ring (bicyclic) bond motifs is 1. The van der Waals surface area contributed by atoms with E-state index in [0.717, 1.165) is 22.0 Å². The van der Waals surface area contributed by atoms with Crippen molar-refractivity contribution in [2.24, 2.45) is 0 Å². The average molecular weight is 379 g/mol. The molecule has 3 aromatic rings. The predicted octanol–water partition coefficient (Wildman–Crippen LogP) is 0.270. The van der Waals surface area contributed by atoms with Crippen LogP contribution >= 0.6 is 0 Å². The number of ether oxygens (including phenoxy) is 4. The van der Waals surface area contributed by atoms with Gasteiger partial charge in [0.2, 0.25) is 5.56 Å². The summed E-state index contributed by atoms with van der Waals surface area (Å²) < 4.78 is 21.4. The molecule has 0 aliphatic heterocycles. The minimum Gasteiger partial charge on any atom is -1.00 e. The second-order valence-electron chi connectivity index (χ2n) is 5.77. The summed E-state index contributed by atoms with van der Waals surface area (Å²) in [5, 5.41) is 1.69. The fourth-order valence-corrected chi connectivity index (χ4v) is 3.00. The quantitative estimate of drug-likeness (QED) is 0.623. The van der Waals surface area contributed by atoms with Crippen LogP contribution in [0.1, 0.15) is 12.7 Å². The molecule has 1 heterocycles. The summed E-state index contributed by atoms with van der Waals surface area (Å²) >= 11 is 0. The standard InChI is InChI=1S/C20H21NO5.Na.H/c1-23-16-6-5-12(8-17(16)24-2)7-15-14-11-19(26-4)18(25-3)9-13(14)10-20(22)21-15;;/h5-6,8-11H,7H2,1-4H3,(H,21,22);;/q;+1;-1. The maximum Gasteiger partial charge on any atom is 1.00 e. The third-order valence-electron chi connectivity index (χ3n) is 4.27. The molecule has 0 aliphatic carbocycles.